The van der Waals surface area contributed by atoms with Gasteiger partial charge >= 0.3 is 0 Å². The minimum absolute atomic E-state index is 0. The quantitative estimate of drug-likeness (QED) is 0.318. The number of nitrogens with two attached hydrogens (primary N) is 2. The van der Waals surface area contributed by atoms with Crippen molar-refractivity contribution in [1.29, 1.82) is 0 Å². The van der Waals surface area contributed by atoms with Crippen LogP contribution in [0.5, 0.6) is 0 Å². The summed E-state index contributed by atoms with van der Waals surface area (Å²) >= 11 is 3.27. The first-order valence-electron chi connectivity index (χ1n) is 4.30. The van der Waals surface area contributed by atoms with E-state index >= 15 is 0 Å². The Hall–Kier alpha value is -1.93. The van der Waals surface area contributed by atoms with Crippen LogP contribution in [0.1, 0.15) is 0 Å². The minimum Gasteiger partial charge on any atom is -0.459 e. The average Bonchev–Trinajstić information content (AvgIpc) is 2.28. The fourth-order valence-corrected chi connectivity index (χ4v) is 1.82. The van der Waals surface area contributed by atoms with E-state index in [1.165, 1.54) is 12.3 Å². The Morgan fingerprint density at radius 2 is 2.12 bits per heavy atom. The third-order valence-electron chi connectivity index (χ3n) is 2.08. The van der Waals surface area contributed by atoms with Crippen LogP contribution < -0.4 is 23.3 Å². The summed E-state index contributed by atoms with van der Waals surface area (Å²) in [5, 5.41) is 3.72. The van der Waals surface area contributed by atoms with Crippen molar-refractivity contribution in [3.05, 3.63) is 39.2 Å². The molecule has 0 fully saturated rings. The Morgan fingerprint density at radius 3 is 2.76 bits per heavy atom. The maximum absolute atomic E-state index is 11.6. The fraction of sp³-hybridized carbons (Fsp3) is 0. The van der Waals surface area contributed by atoms with Gasteiger partial charge in [0, 0.05) is 16.6 Å². The van der Waals surface area contributed by atoms with Crippen LogP contribution in [0.3, 0.4) is 0 Å². The molecule has 17 heavy (non-hydrogen) atoms. The van der Waals surface area contributed by atoms with Crippen molar-refractivity contribution in [2.24, 2.45) is 16.9 Å². The average molecular weight is 301 g/mol. The van der Waals surface area contributed by atoms with Crippen LogP contribution in [-0.4, -0.2) is 4.81 Å². The summed E-state index contributed by atoms with van der Waals surface area (Å²) in [5.74, 6) is 10.6. The van der Waals surface area contributed by atoms with E-state index in [1.807, 2.05) is 0 Å². The zero-order valence-corrected chi connectivity index (χ0v) is 10.3. The van der Waals surface area contributed by atoms with Gasteiger partial charge in [0.15, 0.2) is 11.0 Å². The third kappa shape index (κ3) is 2.27. The molecule has 0 aliphatic heterocycles. The summed E-state index contributed by atoms with van der Waals surface area (Å²) < 4.78 is 5.93. The summed E-state index contributed by atoms with van der Waals surface area (Å²) in [5.41, 5.74) is 0.589. The molecule has 7 N–H and O–H groups in total. The van der Waals surface area contributed by atoms with Gasteiger partial charge in [-0.05, 0) is 10.9 Å². The van der Waals surface area contributed by atoms with Gasteiger partial charge in [-0.3, -0.25) is 4.79 Å². The molecule has 8 heteroatoms. The van der Waals surface area contributed by atoms with Crippen LogP contribution in [0.25, 0.3) is 11.0 Å². The van der Waals surface area contributed by atoms with E-state index in [2.05, 4.69) is 21.2 Å². The van der Waals surface area contributed by atoms with Crippen molar-refractivity contribution < 1.29 is 9.22 Å². The maximum Gasteiger partial charge on any atom is 0.222 e. The normalized spacial score (nSPS) is 11.2. The van der Waals surface area contributed by atoms with E-state index in [1.54, 1.807) is 12.1 Å². The molecular weight excluding hydrogens is 290 g/mol. The molecule has 90 valence electrons. The standard InChI is InChI=1S/C9H7BrN4O2.H3N/c10-5-3-6-8(15)1-2-16-9(6)7(4-5)14(12)13-11;/h1-4,11H,12H2;1H3/p+1. The Bertz CT molecular complexity index is 637. The molecule has 1 aromatic carbocycles. The lowest BCUT2D eigenvalue weighted by molar-refractivity contribution is -0.525. The van der Waals surface area contributed by atoms with Crippen LogP contribution in [-0.2, 0) is 0 Å². The number of fused-ring (bicyclic) bond motifs is 1. The van der Waals surface area contributed by atoms with Crippen LogP contribution in [0.15, 0.2) is 43.4 Å². The molecular formula is C9H11BrN5O2+. The first kappa shape index (κ1) is 13.1. The second-order valence-electron chi connectivity index (χ2n) is 3.05. The summed E-state index contributed by atoms with van der Waals surface area (Å²) in [6, 6.07) is 4.63. The van der Waals surface area contributed by atoms with Gasteiger partial charge in [-0.15, -0.1) is 0 Å². The van der Waals surface area contributed by atoms with Crippen molar-refractivity contribution in [2.75, 3.05) is 0 Å². The van der Waals surface area contributed by atoms with E-state index in [9.17, 15) is 4.79 Å². The summed E-state index contributed by atoms with van der Waals surface area (Å²) in [6.45, 7) is 0. The van der Waals surface area contributed by atoms with Gasteiger partial charge in [-0.25, -0.2) is 5.84 Å². The largest absolute Gasteiger partial charge is 0.459 e. The number of hydrogen-bond acceptors (Lipinski definition) is 4. The van der Waals surface area contributed by atoms with Gasteiger partial charge in [-0.2, -0.15) is 5.84 Å². The molecule has 0 saturated heterocycles. The molecule has 0 radical (unpaired) electrons. The smallest absolute Gasteiger partial charge is 0.222 e. The lowest BCUT2D eigenvalue weighted by atomic mass is 10.2. The molecule has 0 aliphatic rings. The SMILES string of the molecule is N.NN=[N+](N)c1cc(Br)cc2c(=O)ccoc12. The zero-order chi connectivity index (χ0) is 11.7. The monoisotopic (exact) mass is 300 g/mol. The number of hydrogen-bond donors (Lipinski definition) is 3. The summed E-state index contributed by atoms with van der Waals surface area (Å²) in [4.78, 5) is 12.5. The van der Waals surface area contributed by atoms with Gasteiger partial charge in [0.05, 0.1) is 11.6 Å². The van der Waals surface area contributed by atoms with Gasteiger partial charge < -0.3 is 10.6 Å². The van der Waals surface area contributed by atoms with Crippen molar-refractivity contribution in [2.45, 2.75) is 0 Å². The first-order valence-corrected chi connectivity index (χ1v) is 5.09. The number of halogens is 1. The Kier molecular flexibility index (Phi) is 3.81. The molecule has 0 saturated carbocycles. The molecule has 1 heterocycles. The van der Waals surface area contributed by atoms with E-state index in [0.29, 0.717) is 21.1 Å². The molecule has 0 aliphatic carbocycles. The zero-order valence-electron chi connectivity index (χ0n) is 8.76. The number of nitrogens with zero attached hydrogens (tertiary/aromatic N) is 2. The van der Waals surface area contributed by atoms with E-state index in [4.69, 9.17) is 16.1 Å². The molecule has 2 rings (SSSR count). The van der Waals surface area contributed by atoms with Crippen molar-refractivity contribution in [3.8, 4) is 0 Å². The predicted molar refractivity (Wildman–Crippen MR) is 65.9 cm³/mol. The molecule has 7 nitrogen and oxygen atoms in total. The van der Waals surface area contributed by atoms with Crippen molar-refractivity contribution in [3.63, 3.8) is 0 Å². The van der Waals surface area contributed by atoms with Gasteiger partial charge in [-0.1, -0.05) is 15.9 Å². The highest BCUT2D eigenvalue weighted by Gasteiger charge is 2.14. The van der Waals surface area contributed by atoms with Crippen LogP contribution in [0.2, 0.25) is 0 Å². The highest BCUT2D eigenvalue weighted by atomic mass is 79.9. The first-order chi connectivity index (χ1) is 7.63. The van der Waals surface area contributed by atoms with Gasteiger partial charge in [0.1, 0.15) is 5.22 Å². The second-order valence-corrected chi connectivity index (χ2v) is 3.96. The molecule has 0 amide bonds. The topological polar surface area (TPSA) is 133 Å². The Labute approximate surface area is 104 Å². The molecule has 2 aromatic rings. The number of benzene rings is 1. The maximum atomic E-state index is 11.6. The lowest BCUT2D eigenvalue weighted by Gasteiger charge is -2.01. The Morgan fingerprint density at radius 1 is 1.41 bits per heavy atom. The minimum atomic E-state index is -0.158. The summed E-state index contributed by atoms with van der Waals surface area (Å²) in [7, 11) is 0. The van der Waals surface area contributed by atoms with Crippen LogP contribution in [0.4, 0.5) is 5.69 Å². The molecule has 0 spiro atoms. The van der Waals surface area contributed by atoms with Crippen molar-refractivity contribution >= 4 is 32.6 Å². The van der Waals surface area contributed by atoms with Gasteiger partial charge in [0.2, 0.25) is 5.69 Å². The highest BCUT2D eigenvalue weighted by molar-refractivity contribution is 9.10. The molecule has 1 aromatic heterocycles. The molecule has 0 unspecified atom stereocenters. The van der Waals surface area contributed by atoms with Gasteiger partial charge in [0.25, 0.3) is 0 Å². The van der Waals surface area contributed by atoms with E-state index < -0.39 is 0 Å². The lowest BCUT2D eigenvalue weighted by Crippen LogP contribution is -2.14. The number of rotatable bonds is 1. The second kappa shape index (κ2) is 4.93. The number of hydrazine groups is 1. The predicted octanol–water partition coefficient (Wildman–Crippen LogP) is 1.56. The molecule has 0 atom stereocenters. The van der Waals surface area contributed by atoms with E-state index in [-0.39, 0.29) is 11.6 Å². The van der Waals surface area contributed by atoms with E-state index in [0.717, 1.165) is 4.81 Å². The highest BCUT2D eigenvalue weighted by Crippen LogP contribution is 2.27. The fourth-order valence-electron chi connectivity index (χ4n) is 1.37. The van der Waals surface area contributed by atoms with Crippen LogP contribution in [0, 0.1) is 0 Å². The Balaban J connectivity index is 0.00000144. The van der Waals surface area contributed by atoms with Crippen LogP contribution >= 0.6 is 15.9 Å². The summed E-state index contributed by atoms with van der Waals surface area (Å²) in [6.07, 6.45) is 1.30. The van der Waals surface area contributed by atoms with Crippen molar-refractivity contribution in [1.82, 2.24) is 6.15 Å². The third-order valence-corrected chi connectivity index (χ3v) is 2.53. The molecule has 0 bridgehead atoms.